The zero-order valence-corrected chi connectivity index (χ0v) is 11.5. The lowest BCUT2D eigenvalue weighted by molar-refractivity contribution is -0.140. The minimum atomic E-state index is -3.81. The summed E-state index contributed by atoms with van der Waals surface area (Å²) in [5.41, 5.74) is 0.780. The van der Waals surface area contributed by atoms with Crippen LogP contribution in [0.25, 0.3) is 0 Å². The lowest BCUT2D eigenvalue weighted by atomic mass is 10.4. The molecule has 0 aromatic carbocycles. The van der Waals surface area contributed by atoms with Gasteiger partial charge in [0.2, 0.25) is 10.0 Å². The summed E-state index contributed by atoms with van der Waals surface area (Å²) in [7, 11) is -3.81. The summed E-state index contributed by atoms with van der Waals surface area (Å²) in [5, 5.41) is 15.5. The van der Waals surface area contributed by atoms with E-state index in [9.17, 15) is 13.2 Å². The second kappa shape index (κ2) is 4.56. The van der Waals surface area contributed by atoms with Crippen LogP contribution in [0.1, 0.15) is 11.4 Å². The van der Waals surface area contributed by atoms with Gasteiger partial charge in [0.05, 0.1) is 17.3 Å². The molecule has 0 spiro atoms. The molecule has 1 fully saturated rings. The average Bonchev–Trinajstić information content (AvgIpc) is 2.85. The number of carboxylic acid groups (broad SMARTS) is 1. The van der Waals surface area contributed by atoms with E-state index in [1.54, 1.807) is 13.8 Å². The van der Waals surface area contributed by atoms with Gasteiger partial charge in [0.15, 0.2) is 0 Å². The highest BCUT2D eigenvalue weighted by atomic mass is 32.2. The predicted octanol–water partition coefficient (Wildman–Crippen LogP) is 0.175. The summed E-state index contributed by atoms with van der Waals surface area (Å²) in [6, 6.07) is -1.01. The SMILES string of the molecule is Cc1n[nH]c(C)c1S(=O)(=O)N1CSC[C@@H]1C(=O)O. The second-order valence-electron chi connectivity index (χ2n) is 4.01. The van der Waals surface area contributed by atoms with E-state index in [0.29, 0.717) is 11.4 Å². The van der Waals surface area contributed by atoms with Crippen molar-refractivity contribution in [3.63, 3.8) is 0 Å². The topological polar surface area (TPSA) is 103 Å². The normalized spacial score (nSPS) is 21.3. The summed E-state index contributed by atoms with van der Waals surface area (Å²) in [6.07, 6.45) is 0. The maximum absolute atomic E-state index is 12.4. The quantitative estimate of drug-likeness (QED) is 0.823. The molecular formula is C9H13N3O4S2. The number of sulfonamides is 1. The van der Waals surface area contributed by atoms with Crippen molar-refractivity contribution >= 4 is 27.8 Å². The molecule has 100 valence electrons. The van der Waals surface area contributed by atoms with Crippen LogP contribution >= 0.6 is 11.8 Å². The van der Waals surface area contributed by atoms with E-state index in [1.807, 2.05) is 0 Å². The van der Waals surface area contributed by atoms with Crippen molar-refractivity contribution in [3.8, 4) is 0 Å². The third kappa shape index (κ3) is 2.02. The number of hydrogen-bond acceptors (Lipinski definition) is 5. The van der Waals surface area contributed by atoms with E-state index in [-0.39, 0.29) is 16.5 Å². The zero-order chi connectivity index (χ0) is 13.5. The molecule has 2 heterocycles. The van der Waals surface area contributed by atoms with Gasteiger partial charge in [-0.1, -0.05) is 0 Å². The number of aliphatic carboxylic acids is 1. The van der Waals surface area contributed by atoms with Crippen LogP contribution in [0, 0.1) is 13.8 Å². The van der Waals surface area contributed by atoms with Gasteiger partial charge in [-0.25, -0.2) is 8.42 Å². The molecule has 0 unspecified atom stereocenters. The fourth-order valence-electron chi connectivity index (χ4n) is 1.90. The molecule has 1 aliphatic heterocycles. The Hall–Kier alpha value is -1.06. The summed E-state index contributed by atoms with van der Waals surface area (Å²) in [4.78, 5) is 11.1. The monoisotopic (exact) mass is 291 g/mol. The van der Waals surface area contributed by atoms with Crippen molar-refractivity contribution in [3.05, 3.63) is 11.4 Å². The number of rotatable bonds is 3. The standard InChI is InChI=1S/C9H13N3O4S2/c1-5-8(6(2)11-10-5)18(15,16)12-4-17-3-7(12)9(13)14/h7H,3-4H2,1-2H3,(H,10,11)(H,13,14)/t7-/m1/s1. The van der Waals surface area contributed by atoms with Gasteiger partial charge >= 0.3 is 5.97 Å². The number of nitrogens with one attached hydrogen (secondary N) is 1. The Balaban J connectivity index is 2.46. The first kappa shape index (κ1) is 13.4. The molecule has 1 aliphatic rings. The van der Waals surface area contributed by atoms with Gasteiger partial charge in [-0.15, -0.1) is 11.8 Å². The Bertz CT molecular complexity index is 561. The molecule has 0 radical (unpaired) electrons. The third-order valence-corrected chi connectivity index (χ3v) is 6.05. The molecule has 1 aromatic rings. The van der Waals surface area contributed by atoms with Gasteiger partial charge in [-0.05, 0) is 13.8 Å². The molecule has 0 saturated carbocycles. The van der Waals surface area contributed by atoms with E-state index in [2.05, 4.69) is 10.2 Å². The molecule has 1 aromatic heterocycles. The molecule has 0 bridgehead atoms. The van der Waals surface area contributed by atoms with Crippen molar-refractivity contribution < 1.29 is 18.3 Å². The van der Waals surface area contributed by atoms with Crippen molar-refractivity contribution in [1.29, 1.82) is 0 Å². The van der Waals surface area contributed by atoms with Crippen molar-refractivity contribution in [1.82, 2.24) is 14.5 Å². The molecule has 2 N–H and O–H groups in total. The van der Waals surface area contributed by atoms with Crippen LogP contribution in [0.4, 0.5) is 0 Å². The largest absolute Gasteiger partial charge is 0.480 e. The summed E-state index contributed by atoms with van der Waals surface area (Å²) < 4.78 is 25.9. The van der Waals surface area contributed by atoms with Crippen LogP contribution in [-0.4, -0.2) is 51.7 Å². The Morgan fingerprint density at radius 1 is 1.56 bits per heavy atom. The maximum atomic E-state index is 12.4. The number of H-pyrrole nitrogens is 1. The van der Waals surface area contributed by atoms with E-state index in [1.165, 1.54) is 11.8 Å². The van der Waals surface area contributed by atoms with Gasteiger partial charge in [0, 0.05) is 5.75 Å². The lowest BCUT2D eigenvalue weighted by Gasteiger charge is -2.20. The van der Waals surface area contributed by atoms with Gasteiger partial charge < -0.3 is 5.11 Å². The zero-order valence-electron chi connectivity index (χ0n) is 9.87. The third-order valence-electron chi connectivity index (χ3n) is 2.75. The Morgan fingerprint density at radius 2 is 2.22 bits per heavy atom. The number of hydrogen-bond donors (Lipinski definition) is 2. The highest BCUT2D eigenvalue weighted by Crippen LogP contribution is 2.30. The van der Waals surface area contributed by atoms with Crippen molar-refractivity contribution in [2.75, 3.05) is 11.6 Å². The summed E-state index contributed by atoms with van der Waals surface area (Å²) in [5.74, 6) is -0.698. The summed E-state index contributed by atoms with van der Waals surface area (Å²) >= 11 is 1.29. The Kier molecular flexibility index (Phi) is 3.39. The minimum absolute atomic E-state index is 0.0799. The number of thioether (sulfide) groups is 1. The first-order valence-corrected chi connectivity index (χ1v) is 7.79. The smallest absolute Gasteiger partial charge is 0.322 e. The van der Waals surface area contributed by atoms with Crippen LogP contribution in [-0.2, 0) is 14.8 Å². The molecule has 2 rings (SSSR count). The number of nitrogens with zero attached hydrogens (tertiary/aromatic N) is 2. The molecule has 0 amide bonds. The van der Waals surface area contributed by atoms with Crippen LogP contribution < -0.4 is 0 Å². The van der Waals surface area contributed by atoms with Crippen LogP contribution in [0.15, 0.2) is 4.90 Å². The van der Waals surface area contributed by atoms with Gasteiger partial charge in [-0.2, -0.15) is 9.40 Å². The molecule has 18 heavy (non-hydrogen) atoms. The van der Waals surface area contributed by atoms with Crippen molar-refractivity contribution in [2.45, 2.75) is 24.8 Å². The molecule has 7 nitrogen and oxygen atoms in total. The highest BCUT2D eigenvalue weighted by molar-refractivity contribution is 8.00. The fraction of sp³-hybridized carbons (Fsp3) is 0.556. The molecule has 1 atom stereocenters. The molecule has 1 saturated heterocycles. The molecule has 0 aliphatic carbocycles. The highest BCUT2D eigenvalue weighted by Gasteiger charge is 2.41. The van der Waals surface area contributed by atoms with Gasteiger partial charge in [-0.3, -0.25) is 9.89 Å². The number of aromatic amines is 1. The Labute approximate surface area is 109 Å². The average molecular weight is 291 g/mol. The maximum Gasteiger partial charge on any atom is 0.322 e. The number of aryl methyl sites for hydroxylation is 2. The van der Waals surface area contributed by atoms with E-state index < -0.39 is 22.0 Å². The number of carboxylic acids is 1. The predicted molar refractivity (Wildman–Crippen MR) is 65.8 cm³/mol. The van der Waals surface area contributed by atoms with Crippen LogP contribution in [0.3, 0.4) is 0 Å². The van der Waals surface area contributed by atoms with E-state index in [4.69, 9.17) is 5.11 Å². The van der Waals surface area contributed by atoms with Crippen LogP contribution in [0.2, 0.25) is 0 Å². The van der Waals surface area contributed by atoms with E-state index >= 15 is 0 Å². The minimum Gasteiger partial charge on any atom is -0.480 e. The van der Waals surface area contributed by atoms with E-state index in [0.717, 1.165) is 4.31 Å². The number of aromatic nitrogens is 2. The van der Waals surface area contributed by atoms with Crippen molar-refractivity contribution in [2.24, 2.45) is 0 Å². The second-order valence-corrected chi connectivity index (χ2v) is 6.84. The fourth-order valence-corrected chi connectivity index (χ4v) is 5.37. The lowest BCUT2D eigenvalue weighted by Crippen LogP contribution is -2.41. The van der Waals surface area contributed by atoms with Gasteiger partial charge in [0.1, 0.15) is 10.9 Å². The van der Waals surface area contributed by atoms with Crippen LogP contribution in [0.5, 0.6) is 0 Å². The Morgan fingerprint density at radius 3 is 2.72 bits per heavy atom. The first-order valence-electron chi connectivity index (χ1n) is 5.19. The molecule has 9 heteroatoms. The first-order chi connectivity index (χ1) is 8.35. The van der Waals surface area contributed by atoms with Gasteiger partial charge in [0.25, 0.3) is 0 Å². The number of carbonyl (C=O) groups is 1. The molecular weight excluding hydrogens is 278 g/mol. The summed E-state index contributed by atoms with van der Waals surface area (Å²) in [6.45, 7) is 3.18.